The van der Waals surface area contributed by atoms with Crippen molar-refractivity contribution in [1.82, 2.24) is 4.72 Å². The summed E-state index contributed by atoms with van der Waals surface area (Å²) in [5.74, 6) is -2.01. The molecule has 5 nitrogen and oxygen atoms in total. The number of sulfonamides is 1. The largest absolute Gasteiger partial charge is 0.319 e. The van der Waals surface area contributed by atoms with Crippen molar-refractivity contribution in [2.24, 2.45) is 0 Å². The summed E-state index contributed by atoms with van der Waals surface area (Å²) in [4.78, 5) is 11.8. The number of rotatable bonds is 7. The van der Waals surface area contributed by atoms with E-state index in [0.717, 1.165) is 24.6 Å². The summed E-state index contributed by atoms with van der Waals surface area (Å²) in [7, 11) is -3.85. The van der Waals surface area contributed by atoms with Crippen molar-refractivity contribution in [3.8, 4) is 0 Å². The van der Waals surface area contributed by atoms with E-state index >= 15 is 0 Å². The summed E-state index contributed by atoms with van der Waals surface area (Å²) >= 11 is 0. The number of halogens is 2. The first-order valence-corrected chi connectivity index (χ1v) is 9.60. The lowest BCUT2D eigenvalue weighted by molar-refractivity contribution is 0.102. The zero-order valence-corrected chi connectivity index (χ0v) is 15.2. The minimum Gasteiger partial charge on any atom is -0.319 e. The zero-order chi connectivity index (χ0) is 19.3. The van der Waals surface area contributed by atoms with Crippen LogP contribution in [0.5, 0.6) is 0 Å². The van der Waals surface area contributed by atoms with E-state index in [1.54, 1.807) is 6.92 Å². The van der Waals surface area contributed by atoms with E-state index in [1.807, 2.05) is 6.92 Å². The minimum atomic E-state index is -3.85. The molecule has 0 aliphatic rings. The molecular formula is C18H20F2N2O3S. The Balaban J connectivity index is 2.16. The second-order valence-corrected chi connectivity index (χ2v) is 7.63. The maximum atomic E-state index is 14.2. The molecule has 0 saturated carbocycles. The van der Waals surface area contributed by atoms with E-state index in [9.17, 15) is 22.0 Å². The maximum absolute atomic E-state index is 14.2. The van der Waals surface area contributed by atoms with Gasteiger partial charge in [0.25, 0.3) is 5.91 Å². The summed E-state index contributed by atoms with van der Waals surface area (Å²) in [5.41, 5.74) is -0.0163. The third-order valence-electron chi connectivity index (χ3n) is 3.68. The molecule has 140 valence electrons. The predicted octanol–water partition coefficient (Wildman–Crippen LogP) is 3.68. The molecule has 0 heterocycles. The van der Waals surface area contributed by atoms with E-state index < -0.39 is 27.6 Å². The Kier molecular flexibility index (Phi) is 6.44. The van der Waals surface area contributed by atoms with Crippen molar-refractivity contribution in [3.05, 3.63) is 59.7 Å². The molecule has 0 aliphatic carbocycles. The van der Waals surface area contributed by atoms with Gasteiger partial charge in [0.2, 0.25) is 10.0 Å². The quantitative estimate of drug-likeness (QED) is 0.767. The van der Waals surface area contributed by atoms with Gasteiger partial charge in [0.05, 0.1) is 10.6 Å². The average molecular weight is 382 g/mol. The molecule has 1 atom stereocenters. The van der Waals surface area contributed by atoms with Crippen molar-refractivity contribution < 1.29 is 22.0 Å². The van der Waals surface area contributed by atoms with Gasteiger partial charge in [0.15, 0.2) is 0 Å². The summed E-state index contributed by atoms with van der Waals surface area (Å²) in [5, 5.41) is 2.33. The van der Waals surface area contributed by atoms with Gasteiger partial charge in [-0.05, 0) is 55.8 Å². The number of nitrogens with one attached hydrogen (secondary N) is 2. The Labute approximate surface area is 151 Å². The van der Waals surface area contributed by atoms with Gasteiger partial charge in [-0.15, -0.1) is 0 Å². The van der Waals surface area contributed by atoms with Gasteiger partial charge in [-0.3, -0.25) is 4.79 Å². The van der Waals surface area contributed by atoms with Gasteiger partial charge < -0.3 is 5.32 Å². The number of hydrogen-bond donors (Lipinski definition) is 2. The normalized spacial score (nSPS) is 12.6. The van der Waals surface area contributed by atoms with Gasteiger partial charge in [-0.1, -0.05) is 13.3 Å². The van der Waals surface area contributed by atoms with Crippen LogP contribution in [-0.2, 0) is 10.0 Å². The van der Waals surface area contributed by atoms with E-state index in [4.69, 9.17) is 0 Å². The SMILES string of the molecule is CCCC(C)NS(=O)(=O)c1ccc(NC(=O)c2ccc(F)cc2)c(F)c1. The molecule has 2 aromatic rings. The first-order valence-electron chi connectivity index (χ1n) is 8.11. The molecule has 0 fully saturated rings. The minimum absolute atomic E-state index is 0.151. The molecule has 0 aliphatic heterocycles. The standard InChI is InChI=1S/C18H20F2N2O3S/c1-3-4-12(2)22-26(24,25)15-9-10-17(16(20)11-15)21-18(23)13-5-7-14(19)8-6-13/h5-12,22H,3-4H2,1-2H3,(H,21,23). The third kappa shape index (κ3) is 5.09. The van der Waals surface area contributed by atoms with Crippen molar-refractivity contribution in [2.75, 3.05) is 5.32 Å². The molecule has 8 heteroatoms. The summed E-state index contributed by atoms with van der Waals surface area (Å²) in [6, 6.07) is 7.72. The fourth-order valence-electron chi connectivity index (χ4n) is 2.38. The van der Waals surface area contributed by atoms with E-state index in [2.05, 4.69) is 10.0 Å². The lowest BCUT2D eigenvalue weighted by Crippen LogP contribution is -2.32. The number of hydrogen-bond acceptors (Lipinski definition) is 3. The third-order valence-corrected chi connectivity index (χ3v) is 5.27. The topological polar surface area (TPSA) is 75.3 Å². The number of anilines is 1. The van der Waals surface area contributed by atoms with Gasteiger partial charge in [0, 0.05) is 11.6 Å². The highest BCUT2D eigenvalue weighted by Gasteiger charge is 2.19. The van der Waals surface area contributed by atoms with Gasteiger partial charge in [-0.25, -0.2) is 21.9 Å². The fourth-order valence-corrected chi connectivity index (χ4v) is 3.67. The van der Waals surface area contributed by atoms with Crippen molar-refractivity contribution in [3.63, 3.8) is 0 Å². The van der Waals surface area contributed by atoms with Crippen molar-refractivity contribution >= 4 is 21.6 Å². The molecule has 0 saturated heterocycles. The first-order chi connectivity index (χ1) is 12.2. The maximum Gasteiger partial charge on any atom is 0.255 e. The Morgan fingerprint density at radius 3 is 2.35 bits per heavy atom. The highest BCUT2D eigenvalue weighted by Crippen LogP contribution is 2.20. The second-order valence-electron chi connectivity index (χ2n) is 5.91. The summed E-state index contributed by atoms with van der Waals surface area (Å²) in [6.07, 6.45) is 1.47. The Bertz CT molecular complexity index is 884. The molecule has 2 N–H and O–H groups in total. The number of carbonyl (C=O) groups excluding carboxylic acids is 1. The molecule has 1 unspecified atom stereocenters. The highest BCUT2D eigenvalue weighted by atomic mass is 32.2. The van der Waals surface area contributed by atoms with Gasteiger partial charge >= 0.3 is 0 Å². The van der Waals surface area contributed by atoms with Crippen molar-refractivity contribution in [2.45, 2.75) is 37.6 Å². The van der Waals surface area contributed by atoms with E-state index in [-0.39, 0.29) is 22.2 Å². The summed E-state index contributed by atoms with van der Waals surface area (Å²) in [6.45, 7) is 3.66. The molecular weight excluding hydrogens is 362 g/mol. The molecule has 2 aromatic carbocycles. The van der Waals surface area contributed by atoms with Crippen LogP contribution < -0.4 is 10.0 Å². The monoisotopic (exact) mass is 382 g/mol. The average Bonchev–Trinajstić information content (AvgIpc) is 2.56. The molecule has 1 amide bonds. The molecule has 0 aromatic heterocycles. The molecule has 0 radical (unpaired) electrons. The lowest BCUT2D eigenvalue weighted by atomic mass is 10.2. The van der Waals surface area contributed by atoms with Crippen LogP contribution in [-0.4, -0.2) is 20.4 Å². The van der Waals surface area contributed by atoms with Crippen LogP contribution >= 0.6 is 0 Å². The highest BCUT2D eigenvalue weighted by molar-refractivity contribution is 7.89. The number of benzene rings is 2. The molecule has 26 heavy (non-hydrogen) atoms. The zero-order valence-electron chi connectivity index (χ0n) is 14.4. The number of carbonyl (C=O) groups is 1. The van der Waals surface area contributed by atoms with Crippen LogP contribution in [0, 0.1) is 11.6 Å². The first kappa shape index (κ1) is 20.0. The van der Waals surface area contributed by atoms with Crippen LogP contribution in [0.3, 0.4) is 0 Å². The fraction of sp³-hybridized carbons (Fsp3) is 0.278. The second kappa shape index (κ2) is 8.37. The Hall–Kier alpha value is -2.32. The van der Waals surface area contributed by atoms with Gasteiger partial charge in [0.1, 0.15) is 11.6 Å². The lowest BCUT2D eigenvalue weighted by Gasteiger charge is -2.14. The smallest absolute Gasteiger partial charge is 0.255 e. The molecule has 2 rings (SSSR count). The van der Waals surface area contributed by atoms with Gasteiger partial charge in [-0.2, -0.15) is 0 Å². The summed E-state index contributed by atoms with van der Waals surface area (Å²) < 4.78 is 54.1. The van der Waals surface area contributed by atoms with Crippen LogP contribution in [0.1, 0.15) is 37.0 Å². The predicted molar refractivity (Wildman–Crippen MR) is 95.4 cm³/mol. The molecule has 0 bridgehead atoms. The van der Waals surface area contributed by atoms with E-state index in [0.29, 0.717) is 6.42 Å². The van der Waals surface area contributed by atoms with E-state index in [1.165, 1.54) is 24.3 Å². The molecule has 0 spiro atoms. The van der Waals surface area contributed by atoms with Crippen LogP contribution in [0.25, 0.3) is 0 Å². The number of amides is 1. The van der Waals surface area contributed by atoms with Crippen LogP contribution in [0.15, 0.2) is 47.4 Å². The Morgan fingerprint density at radius 2 is 1.77 bits per heavy atom. The Morgan fingerprint density at radius 1 is 1.12 bits per heavy atom. The van der Waals surface area contributed by atoms with Crippen LogP contribution in [0.4, 0.5) is 14.5 Å². The van der Waals surface area contributed by atoms with Crippen LogP contribution in [0.2, 0.25) is 0 Å². The van der Waals surface area contributed by atoms with Crippen molar-refractivity contribution in [1.29, 1.82) is 0 Å².